The highest BCUT2D eigenvalue weighted by atomic mass is 16.5. The van der Waals surface area contributed by atoms with Gasteiger partial charge in [0.25, 0.3) is 0 Å². The molecule has 2 nitrogen and oxygen atoms in total. The number of rotatable bonds is 0. The highest BCUT2D eigenvalue weighted by molar-refractivity contribution is 5.69. The third-order valence-corrected chi connectivity index (χ3v) is 3.02. The zero-order valence-electron chi connectivity index (χ0n) is 10.8. The smallest absolute Gasteiger partial charge is 0.305 e. The molecule has 0 unspecified atom stereocenters. The number of hydrogen-bond donors (Lipinski definition) is 0. The molecule has 0 aromatic carbocycles. The van der Waals surface area contributed by atoms with E-state index in [1.54, 1.807) is 0 Å². The summed E-state index contributed by atoms with van der Waals surface area (Å²) in [7, 11) is 0. The fourth-order valence-electron chi connectivity index (χ4n) is 1.94. The van der Waals surface area contributed by atoms with E-state index in [4.69, 9.17) is 4.74 Å². The van der Waals surface area contributed by atoms with E-state index < -0.39 is 0 Å². The quantitative estimate of drug-likeness (QED) is 0.472. The van der Waals surface area contributed by atoms with Crippen molar-refractivity contribution >= 4 is 5.97 Å². The normalized spacial score (nSPS) is 21.1. The first kappa shape index (κ1) is 14.1. The summed E-state index contributed by atoms with van der Waals surface area (Å²) in [4.78, 5) is 11.3. The van der Waals surface area contributed by atoms with Gasteiger partial charge in [0.2, 0.25) is 0 Å². The molecule has 2 heteroatoms. The molecular formula is C15H24O2. The molecular weight excluding hydrogens is 212 g/mol. The number of cyclic esters (lactones) is 1. The van der Waals surface area contributed by atoms with Crippen molar-refractivity contribution in [3.05, 3.63) is 0 Å². The molecule has 17 heavy (non-hydrogen) atoms. The maximum Gasteiger partial charge on any atom is 0.305 e. The van der Waals surface area contributed by atoms with Crippen molar-refractivity contribution in [3.8, 4) is 11.8 Å². The molecule has 0 bridgehead atoms. The van der Waals surface area contributed by atoms with Crippen LogP contribution < -0.4 is 0 Å². The Kier molecular flexibility index (Phi) is 8.46. The second kappa shape index (κ2) is 10.2. The van der Waals surface area contributed by atoms with Crippen molar-refractivity contribution in [3.63, 3.8) is 0 Å². The molecule has 0 saturated carbocycles. The van der Waals surface area contributed by atoms with Crippen LogP contribution in [0.4, 0.5) is 0 Å². The summed E-state index contributed by atoms with van der Waals surface area (Å²) in [6.45, 7) is 0.602. The number of esters is 1. The Morgan fingerprint density at radius 2 is 1.35 bits per heavy atom. The SMILES string of the molecule is O=C1CCCCCCC#CCCCCCCO1. The first-order chi connectivity index (χ1) is 8.39. The standard InChI is InChI=1S/C15H24O2/c16-15-13-11-9-7-5-3-1-2-4-6-8-10-12-14-17-15/h3-14H2. The predicted octanol–water partition coefficient (Wildman–Crippen LogP) is 3.84. The van der Waals surface area contributed by atoms with Crippen molar-refractivity contribution in [1.29, 1.82) is 0 Å². The van der Waals surface area contributed by atoms with Crippen molar-refractivity contribution in [1.82, 2.24) is 0 Å². The zero-order chi connectivity index (χ0) is 12.2. The second-order valence-electron chi connectivity index (χ2n) is 4.65. The average Bonchev–Trinajstić information content (AvgIpc) is 2.32. The number of carbonyl (C=O) groups is 1. The van der Waals surface area contributed by atoms with Gasteiger partial charge in [0.15, 0.2) is 0 Å². The molecule has 0 radical (unpaired) electrons. The Hall–Kier alpha value is -0.970. The van der Waals surface area contributed by atoms with Crippen LogP contribution in [0.15, 0.2) is 0 Å². The van der Waals surface area contributed by atoms with E-state index in [1.165, 1.54) is 25.7 Å². The fraction of sp³-hybridized carbons (Fsp3) is 0.800. The maximum absolute atomic E-state index is 11.3. The van der Waals surface area contributed by atoms with Gasteiger partial charge >= 0.3 is 5.97 Å². The molecule has 0 saturated heterocycles. The number of ether oxygens (including phenoxy) is 1. The zero-order valence-corrected chi connectivity index (χ0v) is 10.8. The lowest BCUT2D eigenvalue weighted by Gasteiger charge is -2.05. The Labute approximate surface area is 105 Å². The highest BCUT2D eigenvalue weighted by Gasteiger charge is 2.02. The van der Waals surface area contributed by atoms with Crippen molar-refractivity contribution in [2.75, 3.05) is 6.61 Å². The molecule has 0 fully saturated rings. The average molecular weight is 236 g/mol. The molecule has 96 valence electrons. The summed E-state index contributed by atoms with van der Waals surface area (Å²) < 4.78 is 5.18. The van der Waals surface area contributed by atoms with Crippen molar-refractivity contribution < 1.29 is 9.53 Å². The molecule has 0 atom stereocenters. The van der Waals surface area contributed by atoms with Gasteiger partial charge in [-0.3, -0.25) is 4.79 Å². The maximum atomic E-state index is 11.3. The Morgan fingerprint density at radius 1 is 0.765 bits per heavy atom. The number of hydrogen-bond acceptors (Lipinski definition) is 2. The van der Waals surface area contributed by atoms with Crippen LogP contribution in [0.1, 0.15) is 70.6 Å². The molecule has 1 aliphatic heterocycles. The van der Waals surface area contributed by atoms with Crippen molar-refractivity contribution in [2.45, 2.75) is 70.6 Å². The van der Waals surface area contributed by atoms with Gasteiger partial charge in [-0.05, 0) is 25.7 Å². The van der Waals surface area contributed by atoms with E-state index in [1.807, 2.05) is 0 Å². The molecule has 0 aliphatic carbocycles. The van der Waals surface area contributed by atoms with Crippen LogP contribution >= 0.6 is 0 Å². The van der Waals surface area contributed by atoms with Crippen molar-refractivity contribution in [2.24, 2.45) is 0 Å². The molecule has 0 aromatic heterocycles. The molecule has 0 amide bonds. The first-order valence-electron chi connectivity index (χ1n) is 7.01. The van der Waals surface area contributed by atoms with Crippen LogP contribution in [0.5, 0.6) is 0 Å². The molecule has 1 rings (SSSR count). The molecule has 0 N–H and O–H groups in total. The summed E-state index contributed by atoms with van der Waals surface area (Å²) in [6, 6.07) is 0. The largest absolute Gasteiger partial charge is 0.466 e. The molecule has 0 aromatic rings. The van der Waals surface area contributed by atoms with Gasteiger partial charge in [0.1, 0.15) is 0 Å². The summed E-state index contributed by atoms with van der Waals surface area (Å²) in [5, 5.41) is 0. The molecule has 0 spiro atoms. The topological polar surface area (TPSA) is 26.3 Å². The lowest BCUT2D eigenvalue weighted by Crippen LogP contribution is -2.05. The fourth-order valence-corrected chi connectivity index (χ4v) is 1.94. The molecule has 1 aliphatic rings. The van der Waals surface area contributed by atoms with Crippen LogP contribution in [0.25, 0.3) is 0 Å². The Bertz CT molecular complexity index is 260. The van der Waals surface area contributed by atoms with Gasteiger partial charge in [-0.1, -0.05) is 25.7 Å². The van der Waals surface area contributed by atoms with Gasteiger partial charge in [0.05, 0.1) is 6.61 Å². The number of carbonyl (C=O) groups excluding carboxylic acids is 1. The predicted molar refractivity (Wildman–Crippen MR) is 69.5 cm³/mol. The third kappa shape index (κ3) is 8.80. The summed E-state index contributed by atoms with van der Waals surface area (Å²) in [5.74, 6) is 6.46. The lowest BCUT2D eigenvalue weighted by atomic mass is 10.1. The second-order valence-corrected chi connectivity index (χ2v) is 4.65. The van der Waals surface area contributed by atoms with E-state index in [0.717, 1.165) is 38.5 Å². The van der Waals surface area contributed by atoms with E-state index in [0.29, 0.717) is 13.0 Å². The van der Waals surface area contributed by atoms with Crippen LogP contribution in [0, 0.1) is 11.8 Å². The van der Waals surface area contributed by atoms with E-state index in [-0.39, 0.29) is 5.97 Å². The third-order valence-electron chi connectivity index (χ3n) is 3.02. The van der Waals surface area contributed by atoms with Crippen LogP contribution in [-0.2, 0) is 9.53 Å². The van der Waals surface area contributed by atoms with Crippen LogP contribution in [-0.4, -0.2) is 12.6 Å². The minimum Gasteiger partial charge on any atom is -0.466 e. The van der Waals surface area contributed by atoms with Gasteiger partial charge in [-0.15, -0.1) is 11.8 Å². The Morgan fingerprint density at radius 3 is 2.06 bits per heavy atom. The molecule has 1 heterocycles. The van der Waals surface area contributed by atoms with E-state index in [9.17, 15) is 4.79 Å². The Balaban J connectivity index is 2.20. The van der Waals surface area contributed by atoms with E-state index >= 15 is 0 Å². The lowest BCUT2D eigenvalue weighted by molar-refractivity contribution is -0.143. The van der Waals surface area contributed by atoms with Gasteiger partial charge in [-0.25, -0.2) is 0 Å². The summed E-state index contributed by atoms with van der Waals surface area (Å²) in [5.41, 5.74) is 0. The highest BCUT2D eigenvalue weighted by Crippen LogP contribution is 2.08. The van der Waals surface area contributed by atoms with Crippen LogP contribution in [0.3, 0.4) is 0 Å². The van der Waals surface area contributed by atoms with Crippen LogP contribution in [0.2, 0.25) is 0 Å². The first-order valence-corrected chi connectivity index (χ1v) is 7.01. The monoisotopic (exact) mass is 236 g/mol. The minimum absolute atomic E-state index is 0.0168. The summed E-state index contributed by atoms with van der Waals surface area (Å²) in [6.07, 6.45) is 11.6. The van der Waals surface area contributed by atoms with Gasteiger partial charge in [0, 0.05) is 19.3 Å². The summed E-state index contributed by atoms with van der Waals surface area (Å²) >= 11 is 0. The van der Waals surface area contributed by atoms with Gasteiger partial charge in [-0.2, -0.15) is 0 Å². The van der Waals surface area contributed by atoms with Gasteiger partial charge < -0.3 is 4.74 Å². The minimum atomic E-state index is -0.0168. The van der Waals surface area contributed by atoms with E-state index in [2.05, 4.69) is 11.8 Å².